The van der Waals surface area contributed by atoms with Crippen LogP contribution in [0.2, 0.25) is 0 Å². The Balaban J connectivity index is 1.77. The van der Waals surface area contributed by atoms with E-state index in [0.29, 0.717) is 0 Å². The highest BCUT2D eigenvalue weighted by molar-refractivity contribution is 5.87. The SMILES string of the molecule is C=CC(=O)NC(C)CN1CCN(c2ccccn2)CC1. The second-order valence-corrected chi connectivity index (χ2v) is 5.09. The van der Waals surface area contributed by atoms with E-state index in [2.05, 4.69) is 26.7 Å². The van der Waals surface area contributed by atoms with Gasteiger partial charge in [0, 0.05) is 45.0 Å². The quantitative estimate of drug-likeness (QED) is 0.810. The van der Waals surface area contributed by atoms with Crippen molar-refractivity contribution in [1.29, 1.82) is 0 Å². The first-order chi connectivity index (χ1) is 9.69. The molecule has 1 aromatic rings. The molecule has 1 amide bonds. The van der Waals surface area contributed by atoms with Gasteiger partial charge in [0.15, 0.2) is 0 Å². The first-order valence-electron chi connectivity index (χ1n) is 7.00. The maximum atomic E-state index is 11.2. The molecule has 1 fully saturated rings. The molecule has 0 aliphatic carbocycles. The minimum Gasteiger partial charge on any atom is -0.354 e. The lowest BCUT2D eigenvalue weighted by molar-refractivity contribution is -0.117. The number of anilines is 1. The molecule has 0 bridgehead atoms. The zero-order valence-electron chi connectivity index (χ0n) is 12.0. The molecule has 0 saturated carbocycles. The Kier molecular flexibility index (Phi) is 5.12. The number of nitrogens with one attached hydrogen (secondary N) is 1. The number of pyridine rings is 1. The van der Waals surface area contributed by atoms with E-state index in [-0.39, 0.29) is 11.9 Å². The van der Waals surface area contributed by atoms with Crippen LogP contribution in [-0.2, 0) is 4.79 Å². The van der Waals surface area contributed by atoms with Gasteiger partial charge in [0.05, 0.1) is 0 Å². The maximum absolute atomic E-state index is 11.2. The van der Waals surface area contributed by atoms with Crippen molar-refractivity contribution >= 4 is 11.7 Å². The van der Waals surface area contributed by atoms with Gasteiger partial charge >= 0.3 is 0 Å². The van der Waals surface area contributed by atoms with Crippen LogP contribution in [0.25, 0.3) is 0 Å². The monoisotopic (exact) mass is 274 g/mol. The van der Waals surface area contributed by atoms with Gasteiger partial charge in [-0.3, -0.25) is 9.69 Å². The van der Waals surface area contributed by atoms with Gasteiger partial charge in [0.25, 0.3) is 0 Å². The number of carbonyl (C=O) groups excluding carboxylic acids is 1. The van der Waals surface area contributed by atoms with E-state index < -0.39 is 0 Å². The van der Waals surface area contributed by atoms with E-state index in [9.17, 15) is 4.79 Å². The molecular weight excluding hydrogens is 252 g/mol. The molecule has 2 rings (SSSR count). The Morgan fingerprint density at radius 2 is 2.20 bits per heavy atom. The molecule has 5 heteroatoms. The summed E-state index contributed by atoms with van der Waals surface area (Å²) in [4.78, 5) is 20.3. The average Bonchev–Trinajstić information content (AvgIpc) is 2.48. The van der Waals surface area contributed by atoms with Crippen molar-refractivity contribution in [3.63, 3.8) is 0 Å². The van der Waals surface area contributed by atoms with E-state index in [1.807, 2.05) is 31.3 Å². The van der Waals surface area contributed by atoms with Gasteiger partial charge in [-0.15, -0.1) is 0 Å². The Morgan fingerprint density at radius 1 is 1.45 bits per heavy atom. The van der Waals surface area contributed by atoms with Crippen LogP contribution in [0, 0.1) is 0 Å². The normalized spacial score (nSPS) is 17.6. The van der Waals surface area contributed by atoms with Crippen LogP contribution in [0.4, 0.5) is 5.82 Å². The number of amides is 1. The van der Waals surface area contributed by atoms with Gasteiger partial charge in [0.2, 0.25) is 5.91 Å². The molecule has 1 unspecified atom stereocenters. The maximum Gasteiger partial charge on any atom is 0.243 e. The molecule has 1 N–H and O–H groups in total. The second kappa shape index (κ2) is 7.05. The van der Waals surface area contributed by atoms with Crippen LogP contribution in [0.15, 0.2) is 37.1 Å². The molecule has 0 aromatic carbocycles. The number of piperazine rings is 1. The van der Waals surface area contributed by atoms with Gasteiger partial charge in [-0.2, -0.15) is 0 Å². The van der Waals surface area contributed by atoms with Crippen molar-refractivity contribution in [1.82, 2.24) is 15.2 Å². The van der Waals surface area contributed by atoms with Crippen molar-refractivity contribution in [2.24, 2.45) is 0 Å². The highest BCUT2D eigenvalue weighted by Crippen LogP contribution is 2.12. The van der Waals surface area contributed by atoms with E-state index in [0.717, 1.165) is 38.5 Å². The number of nitrogens with zero attached hydrogens (tertiary/aromatic N) is 3. The van der Waals surface area contributed by atoms with Crippen LogP contribution in [0.3, 0.4) is 0 Å². The van der Waals surface area contributed by atoms with Crippen LogP contribution >= 0.6 is 0 Å². The highest BCUT2D eigenvalue weighted by atomic mass is 16.1. The number of rotatable bonds is 5. The Morgan fingerprint density at radius 3 is 2.80 bits per heavy atom. The zero-order valence-corrected chi connectivity index (χ0v) is 12.0. The third-order valence-corrected chi connectivity index (χ3v) is 3.45. The lowest BCUT2D eigenvalue weighted by atomic mass is 10.2. The van der Waals surface area contributed by atoms with E-state index in [1.165, 1.54) is 6.08 Å². The molecule has 20 heavy (non-hydrogen) atoms. The molecule has 108 valence electrons. The molecular formula is C15H22N4O. The summed E-state index contributed by atoms with van der Waals surface area (Å²) in [6.45, 7) is 10.3. The molecule has 2 heterocycles. The van der Waals surface area contributed by atoms with Gasteiger partial charge < -0.3 is 10.2 Å². The lowest BCUT2D eigenvalue weighted by Gasteiger charge is -2.36. The summed E-state index contributed by atoms with van der Waals surface area (Å²) < 4.78 is 0. The van der Waals surface area contributed by atoms with Crippen molar-refractivity contribution in [3.05, 3.63) is 37.1 Å². The largest absolute Gasteiger partial charge is 0.354 e. The summed E-state index contributed by atoms with van der Waals surface area (Å²) in [6, 6.07) is 6.13. The molecule has 1 aliphatic heterocycles. The predicted octanol–water partition coefficient (Wildman–Crippen LogP) is 0.894. The summed E-state index contributed by atoms with van der Waals surface area (Å²) in [5, 5.41) is 2.90. The zero-order chi connectivity index (χ0) is 14.4. The Hall–Kier alpha value is -1.88. The van der Waals surface area contributed by atoms with Gasteiger partial charge in [0.1, 0.15) is 5.82 Å². The second-order valence-electron chi connectivity index (χ2n) is 5.09. The number of aromatic nitrogens is 1. The predicted molar refractivity (Wildman–Crippen MR) is 80.7 cm³/mol. The van der Waals surface area contributed by atoms with Crippen molar-refractivity contribution in [2.45, 2.75) is 13.0 Å². The van der Waals surface area contributed by atoms with Crippen molar-refractivity contribution in [3.8, 4) is 0 Å². The first-order valence-corrected chi connectivity index (χ1v) is 7.00. The van der Waals surface area contributed by atoms with Crippen LogP contribution in [0.1, 0.15) is 6.92 Å². The summed E-state index contributed by atoms with van der Waals surface area (Å²) in [5.74, 6) is 0.935. The molecule has 0 spiro atoms. The Labute approximate surface area is 120 Å². The standard InChI is InChI=1S/C15H22N4O/c1-3-15(20)17-13(2)12-18-8-10-19(11-9-18)14-6-4-5-7-16-14/h3-7,13H,1,8-12H2,2H3,(H,17,20). The smallest absolute Gasteiger partial charge is 0.243 e. The summed E-state index contributed by atoms with van der Waals surface area (Å²) in [6.07, 6.45) is 3.14. The van der Waals surface area contributed by atoms with Gasteiger partial charge in [-0.05, 0) is 25.1 Å². The molecule has 0 radical (unpaired) electrons. The third kappa shape index (κ3) is 4.06. The molecule has 1 aliphatic rings. The minimum atomic E-state index is -0.107. The van der Waals surface area contributed by atoms with E-state index in [1.54, 1.807) is 0 Å². The molecule has 5 nitrogen and oxygen atoms in total. The van der Waals surface area contributed by atoms with Crippen molar-refractivity contribution < 1.29 is 4.79 Å². The van der Waals surface area contributed by atoms with Crippen LogP contribution in [-0.4, -0.2) is 54.6 Å². The minimum absolute atomic E-state index is 0.107. The van der Waals surface area contributed by atoms with Crippen LogP contribution < -0.4 is 10.2 Å². The number of carbonyl (C=O) groups is 1. The molecule has 1 atom stereocenters. The van der Waals surface area contributed by atoms with Gasteiger partial charge in [-0.25, -0.2) is 4.98 Å². The highest BCUT2D eigenvalue weighted by Gasteiger charge is 2.19. The number of hydrogen-bond donors (Lipinski definition) is 1. The summed E-state index contributed by atoms with van der Waals surface area (Å²) >= 11 is 0. The number of hydrogen-bond acceptors (Lipinski definition) is 4. The molecule has 1 saturated heterocycles. The van der Waals surface area contributed by atoms with Gasteiger partial charge in [-0.1, -0.05) is 12.6 Å². The van der Waals surface area contributed by atoms with Crippen LogP contribution in [0.5, 0.6) is 0 Å². The fourth-order valence-electron chi connectivity index (χ4n) is 2.44. The van der Waals surface area contributed by atoms with Crippen molar-refractivity contribution in [2.75, 3.05) is 37.6 Å². The summed E-state index contributed by atoms with van der Waals surface area (Å²) in [5.41, 5.74) is 0. The van der Waals surface area contributed by atoms with E-state index in [4.69, 9.17) is 0 Å². The average molecular weight is 274 g/mol. The topological polar surface area (TPSA) is 48.5 Å². The third-order valence-electron chi connectivity index (χ3n) is 3.45. The van der Waals surface area contributed by atoms with E-state index >= 15 is 0 Å². The Bertz CT molecular complexity index is 440. The fourth-order valence-corrected chi connectivity index (χ4v) is 2.44. The first kappa shape index (κ1) is 14.5. The fraction of sp³-hybridized carbons (Fsp3) is 0.467. The summed E-state index contributed by atoms with van der Waals surface area (Å²) in [7, 11) is 0. The molecule has 1 aromatic heterocycles. The lowest BCUT2D eigenvalue weighted by Crippen LogP contribution is -2.50.